The number of nitrogens with zero attached hydrogens (tertiary/aromatic N) is 2. The van der Waals surface area contributed by atoms with Gasteiger partial charge in [-0.3, -0.25) is 4.79 Å². The van der Waals surface area contributed by atoms with Crippen LogP contribution in [0.25, 0.3) is 0 Å². The van der Waals surface area contributed by atoms with Gasteiger partial charge in [0.05, 0.1) is 7.11 Å². The van der Waals surface area contributed by atoms with Gasteiger partial charge in [0.25, 0.3) is 0 Å². The number of fused-ring (bicyclic) bond motifs is 1. The molecular weight excluding hydrogens is 350 g/mol. The Labute approximate surface area is 156 Å². The first-order chi connectivity index (χ1) is 13.0. The molecule has 8 nitrogen and oxygen atoms in total. The summed E-state index contributed by atoms with van der Waals surface area (Å²) in [6, 6.07) is 8.97. The first-order valence-corrected chi connectivity index (χ1v) is 8.37. The van der Waals surface area contributed by atoms with Gasteiger partial charge in [0.2, 0.25) is 30.6 Å². The molecule has 2 aromatic rings. The molecule has 2 heterocycles. The number of carbonyl (C=O) groups is 1. The number of nitrogens with two attached hydrogens (primary N) is 1. The summed E-state index contributed by atoms with van der Waals surface area (Å²) in [5.74, 6) is 1.66. The fourth-order valence-corrected chi connectivity index (χ4v) is 3.00. The average Bonchev–Trinajstić information content (AvgIpc) is 3.29. The van der Waals surface area contributed by atoms with Gasteiger partial charge in [-0.05, 0) is 42.8 Å². The number of hydrogen-bond acceptors (Lipinski definition) is 7. The number of nitrogen functional groups attached to an aromatic ring is 1. The summed E-state index contributed by atoms with van der Waals surface area (Å²) in [6.07, 6.45) is -0.737. The van der Waals surface area contributed by atoms with Crippen LogP contribution in [0.4, 0.5) is 5.69 Å². The van der Waals surface area contributed by atoms with Crippen molar-refractivity contribution in [3.8, 4) is 17.2 Å². The summed E-state index contributed by atoms with van der Waals surface area (Å²) < 4.78 is 22.3. The molecule has 8 heteroatoms. The van der Waals surface area contributed by atoms with Crippen molar-refractivity contribution in [1.29, 1.82) is 0 Å². The molecule has 2 aromatic carbocycles. The van der Waals surface area contributed by atoms with Crippen LogP contribution in [0.15, 0.2) is 35.4 Å². The van der Waals surface area contributed by atoms with Crippen LogP contribution in [-0.2, 0) is 9.53 Å². The molecule has 1 unspecified atom stereocenters. The monoisotopic (exact) mass is 369 g/mol. The summed E-state index contributed by atoms with van der Waals surface area (Å²) in [6.45, 7) is 3.45. The van der Waals surface area contributed by atoms with Crippen LogP contribution in [0, 0.1) is 6.92 Å². The summed E-state index contributed by atoms with van der Waals surface area (Å²) in [7, 11) is 1.54. The lowest BCUT2D eigenvalue weighted by molar-refractivity contribution is -0.135. The number of hydrazone groups is 1. The van der Waals surface area contributed by atoms with Gasteiger partial charge in [-0.1, -0.05) is 0 Å². The number of aryl methyl sites for hydroxylation is 1. The van der Waals surface area contributed by atoms with E-state index in [4.69, 9.17) is 24.7 Å². The Kier molecular flexibility index (Phi) is 4.02. The number of methoxy groups -OCH3 is 1. The molecule has 0 aromatic heterocycles. The van der Waals surface area contributed by atoms with Gasteiger partial charge in [0, 0.05) is 23.7 Å². The van der Waals surface area contributed by atoms with Crippen LogP contribution in [0.1, 0.15) is 29.8 Å². The topological polar surface area (TPSA) is 95.6 Å². The Morgan fingerprint density at radius 2 is 2.11 bits per heavy atom. The Balaban J connectivity index is 1.72. The van der Waals surface area contributed by atoms with E-state index in [0.717, 1.165) is 11.1 Å². The van der Waals surface area contributed by atoms with Gasteiger partial charge < -0.3 is 24.7 Å². The Bertz CT molecular complexity index is 957. The molecule has 0 aliphatic carbocycles. The van der Waals surface area contributed by atoms with Crippen molar-refractivity contribution in [3.63, 3.8) is 0 Å². The molecule has 0 radical (unpaired) electrons. The van der Waals surface area contributed by atoms with E-state index in [-0.39, 0.29) is 12.7 Å². The van der Waals surface area contributed by atoms with E-state index in [0.29, 0.717) is 34.4 Å². The fourth-order valence-electron chi connectivity index (χ4n) is 3.00. The maximum Gasteiger partial charge on any atom is 0.243 e. The van der Waals surface area contributed by atoms with E-state index in [1.807, 2.05) is 19.1 Å². The zero-order valence-electron chi connectivity index (χ0n) is 15.2. The maximum absolute atomic E-state index is 12.1. The third-order valence-electron chi connectivity index (χ3n) is 4.45. The minimum absolute atomic E-state index is 0.115. The van der Waals surface area contributed by atoms with Gasteiger partial charge in [-0.2, -0.15) is 5.01 Å². The van der Waals surface area contributed by atoms with Crippen LogP contribution in [-0.4, -0.2) is 30.7 Å². The molecule has 0 saturated heterocycles. The van der Waals surface area contributed by atoms with Gasteiger partial charge in [-0.15, -0.1) is 5.10 Å². The summed E-state index contributed by atoms with van der Waals surface area (Å²) in [5.41, 5.74) is 8.87. The first kappa shape index (κ1) is 17.0. The van der Waals surface area contributed by atoms with Crippen molar-refractivity contribution in [3.05, 3.63) is 47.0 Å². The average molecular weight is 369 g/mol. The Morgan fingerprint density at radius 3 is 2.81 bits per heavy atom. The number of carbonyl (C=O) groups excluding carboxylic acids is 1. The highest BCUT2D eigenvalue weighted by atomic mass is 16.7. The number of hydrogen-bond donors (Lipinski definition) is 1. The van der Waals surface area contributed by atoms with E-state index < -0.39 is 6.23 Å². The van der Waals surface area contributed by atoms with Crippen molar-refractivity contribution in [2.75, 3.05) is 19.6 Å². The van der Waals surface area contributed by atoms with Crippen LogP contribution in [0.5, 0.6) is 17.2 Å². The summed E-state index contributed by atoms with van der Waals surface area (Å²) in [5, 5.41) is 5.65. The molecule has 0 fully saturated rings. The van der Waals surface area contributed by atoms with Crippen molar-refractivity contribution < 1.29 is 23.7 Å². The van der Waals surface area contributed by atoms with E-state index in [1.165, 1.54) is 11.9 Å². The zero-order valence-corrected chi connectivity index (χ0v) is 15.2. The van der Waals surface area contributed by atoms with Gasteiger partial charge in [0.15, 0.2) is 11.5 Å². The quantitative estimate of drug-likeness (QED) is 0.836. The van der Waals surface area contributed by atoms with Crippen molar-refractivity contribution >= 4 is 17.5 Å². The van der Waals surface area contributed by atoms with Gasteiger partial charge in [-0.25, -0.2) is 0 Å². The smallest absolute Gasteiger partial charge is 0.243 e. The van der Waals surface area contributed by atoms with Crippen molar-refractivity contribution in [2.45, 2.75) is 20.1 Å². The molecule has 0 spiro atoms. The van der Waals surface area contributed by atoms with E-state index in [2.05, 4.69) is 5.10 Å². The molecule has 1 amide bonds. The first-order valence-electron chi connectivity index (χ1n) is 8.37. The lowest BCUT2D eigenvalue weighted by atomic mass is 10.1. The molecule has 0 bridgehead atoms. The highest BCUT2D eigenvalue weighted by Crippen LogP contribution is 2.44. The molecule has 140 valence electrons. The number of amides is 1. The molecule has 2 N–H and O–H groups in total. The van der Waals surface area contributed by atoms with Crippen LogP contribution in [0.3, 0.4) is 0 Å². The fraction of sp³-hybridized carbons (Fsp3) is 0.263. The number of anilines is 1. The predicted octanol–water partition coefficient (Wildman–Crippen LogP) is 2.55. The van der Waals surface area contributed by atoms with E-state index in [9.17, 15) is 4.79 Å². The van der Waals surface area contributed by atoms with Crippen molar-refractivity contribution in [2.24, 2.45) is 5.10 Å². The molecular formula is C19H19N3O5. The van der Waals surface area contributed by atoms with Crippen LogP contribution < -0.4 is 19.9 Å². The standard InChI is InChI=1S/C19H19N3O5/c1-10-6-12(4-5-14(10)20)18-21-22(11(2)23)19(27-18)13-7-15(24-3)17-16(8-13)25-9-26-17/h4-8,19H,9,20H2,1-3H3. The zero-order chi connectivity index (χ0) is 19.1. The minimum Gasteiger partial charge on any atom is -0.493 e. The van der Waals surface area contributed by atoms with Crippen LogP contribution in [0.2, 0.25) is 0 Å². The number of ether oxygens (including phenoxy) is 4. The van der Waals surface area contributed by atoms with Crippen molar-refractivity contribution in [1.82, 2.24) is 5.01 Å². The highest BCUT2D eigenvalue weighted by molar-refractivity contribution is 5.97. The third-order valence-corrected chi connectivity index (χ3v) is 4.45. The third kappa shape index (κ3) is 2.88. The molecule has 2 aliphatic rings. The van der Waals surface area contributed by atoms with Gasteiger partial charge in [0.1, 0.15) is 0 Å². The molecule has 0 saturated carbocycles. The Hall–Kier alpha value is -3.42. The lowest BCUT2D eigenvalue weighted by Gasteiger charge is -2.20. The second-order valence-corrected chi connectivity index (χ2v) is 6.27. The number of benzene rings is 2. The molecule has 1 atom stereocenters. The van der Waals surface area contributed by atoms with E-state index in [1.54, 1.807) is 25.3 Å². The largest absolute Gasteiger partial charge is 0.493 e. The lowest BCUT2D eigenvalue weighted by Crippen LogP contribution is -2.25. The SMILES string of the molecule is COc1cc(C2OC(c3ccc(N)c(C)c3)=NN2C(C)=O)cc2c1OCO2. The second-order valence-electron chi connectivity index (χ2n) is 6.27. The Morgan fingerprint density at radius 1 is 1.30 bits per heavy atom. The summed E-state index contributed by atoms with van der Waals surface area (Å²) >= 11 is 0. The van der Waals surface area contributed by atoms with E-state index >= 15 is 0 Å². The minimum atomic E-state index is -0.737. The maximum atomic E-state index is 12.1. The highest BCUT2D eigenvalue weighted by Gasteiger charge is 2.35. The second kappa shape index (κ2) is 6.39. The molecule has 2 aliphatic heterocycles. The summed E-state index contributed by atoms with van der Waals surface area (Å²) in [4.78, 5) is 12.1. The van der Waals surface area contributed by atoms with Gasteiger partial charge >= 0.3 is 0 Å². The number of rotatable bonds is 3. The predicted molar refractivity (Wildman–Crippen MR) is 97.6 cm³/mol. The normalized spacial score (nSPS) is 17.5. The van der Waals surface area contributed by atoms with Crippen LogP contribution >= 0.6 is 0 Å². The molecule has 4 rings (SSSR count). The molecule has 27 heavy (non-hydrogen) atoms.